The van der Waals surface area contributed by atoms with Crippen molar-refractivity contribution in [2.75, 3.05) is 27.2 Å². The minimum atomic E-state index is 0.166. The maximum Gasteiger partial charge on any atom is 0.0416 e. The van der Waals surface area contributed by atoms with Crippen molar-refractivity contribution < 1.29 is 0 Å². The van der Waals surface area contributed by atoms with Crippen LogP contribution in [0.3, 0.4) is 0 Å². The van der Waals surface area contributed by atoms with E-state index in [4.69, 9.17) is 0 Å². The van der Waals surface area contributed by atoms with E-state index in [0.29, 0.717) is 0 Å². The molecule has 90 valence electrons. The lowest BCUT2D eigenvalue weighted by molar-refractivity contribution is 0.246. The average molecular weight is 221 g/mol. The van der Waals surface area contributed by atoms with Gasteiger partial charge in [-0.3, -0.25) is 4.98 Å². The van der Waals surface area contributed by atoms with E-state index < -0.39 is 0 Å². The van der Waals surface area contributed by atoms with Gasteiger partial charge in [-0.1, -0.05) is 6.07 Å². The topological polar surface area (TPSA) is 28.2 Å². The monoisotopic (exact) mass is 221 g/mol. The smallest absolute Gasteiger partial charge is 0.0416 e. The van der Waals surface area contributed by atoms with E-state index in [1.165, 1.54) is 0 Å². The zero-order valence-electron chi connectivity index (χ0n) is 10.8. The average Bonchev–Trinajstić information content (AvgIpc) is 2.27. The molecule has 0 aliphatic carbocycles. The molecule has 0 fully saturated rings. The second-order valence-electron chi connectivity index (χ2n) is 4.94. The number of nitrogens with zero attached hydrogens (tertiary/aromatic N) is 2. The normalized spacial score (nSPS) is 12.1. The predicted octanol–water partition coefficient (Wildman–Crippen LogP) is 1.55. The second-order valence-corrected chi connectivity index (χ2v) is 4.94. The van der Waals surface area contributed by atoms with Crippen LogP contribution >= 0.6 is 0 Å². The van der Waals surface area contributed by atoms with Gasteiger partial charge in [-0.05, 0) is 40.1 Å². The number of nitrogens with one attached hydrogen (secondary N) is 1. The van der Waals surface area contributed by atoms with Gasteiger partial charge in [-0.25, -0.2) is 0 Å². The maximum absolute atomic E-state index is 4.33. The molecule has 0 bridgehead atoms. The van der Waals surface area contributed by atoms with Gasteiger partial charge in [0.25, 0.3) is 0 Å². The van der Waals surface area contributed by atoms with Crippen LogP contribution in [0, 0.1) is 0 Å². The van der Waals surface area contributed by atoms with E-state index in [9.17, 15) is 0 Å². The highest BCUT2D eigenvalue weighted by atomic mass is 15.1. The molecule has 0 saturated carbocycles. The van der Waals surface area contributed by atoms with Crippen LogP contribution in [0.15, 0.2) is 24.4 Å². The standard InChI is InChI=1S/C13H23N3/c1-13(2,14-3)11-16(4)10-8-12-7-5-6-9-15-12/h5-7,9,14H,8,10-11H2,1-4H3. The molecule has 0 radical (unpaired) electrons. The molecular formula is C13H23N3. The highest BCUT2D eigenvalue weighted by Crippen LogP contribution is 2.04. The molecular weight excluding hydrogens is 198 g/mol. The third kappa shape index (κ3) is 4.73. The first-order valence-corrected chi connectivity index (χ1v) is 5.81. The lowest BCUT2D eigenvalue weighted by atomic mass is 10.1. The van der Waals surface area contributed by atoms with Gasteiger partial charge in [-0.2, -0.15) is 0 Å². The Balaban J connectivity index is 2.33. The van der Waals surface area contributed by atoms with E-state index in [1.54, 1.807) is 0 Å². The molecule has 1 heterocycles. The van der Waals surface area contributed by atoms with Crippen LogP contribution in [0.25, 0.3) is 0 Å². The Bertz CT molecular complexity index is 295. The minimum Gasteiger partial charge on any atom is -0.314 e. The summed E-state index contributed by atoms with van der Waals surface area (Å²) in [5.41, 5.74) is 1.33. The summed E-state index contributed by atoms with van der Waals surface area (Å²) < 4.78 is 0. The van der Waals surface area contributed by atoms with Gasteiger partial charge < -0.3 is 10.2 Å². The summed E-state index contributed by atoms with van der Waals surface area (Å²) in [6.45, 7) is 6.51. The predicted molar refractivity (Wildman–Crippen MR) is 68.6 cm³/mol. The van der Waals surface area contributed by atoms with Gasteiger partial charge in [0.2, 0.25) is 0 Å². The molecule has 1 rings (SSSR count). The fourth-order valence-electron chi connectivity index (χ4n) is 1.68. The third-order valence-electron chi connectivity index (χ3n) is 2.82. The van der Waals surface area contributed by atoms with Crippen molar-refractivity contribution in [3.63, 3.8) is 0 Å². The number of aromatic nitrogens is 1. The van der Waals surface area contributed by atoms with Gasteiger partial charge in [0.1, 0.15) is 0 Å². The summed E-state index contributed by atoms with van der Waals surface area (Å²) in [7, 11) is 4.16. The molecule has 0 amide bonds. The molecule has 0 aromatic carbocycles. The van der Waals surface area contributed by atoms with Crippen molar-refractivity contribution in [3.05, 3.63) is 30.1 Å². The van der Waals surface area contributed by atoms with Crippen molar-refractivity contribution in [1.29, 1.82) is 0 Å². The van der Waals surface area contributed by atoms with Crippen LogP contribution in [0.5, 0.6) is 0 Å². The van der Waals surface area contributed by atoms with Gasteiger partial charge in [0, 0.05) is 36.9 Å². The Hall–Kier alpha value is -0.930. The Morgan fingerprint density at radius 3 is 2.69 bits per heavy atom. The number of pyridine rings is 1. The molecule has 0 atom stereocenters. The van der Waals surface area contributed by atoms with Crippen molar-refractivity contribution in [3.8, 4) is 0 Å². The first kappa shape index (κ1) is 13.1. The Kier molecular flexibility index (Phi) is 4.90. The van der Waals surface area contributed by atoms with Crippen LogP contribution in [-0.4, -0.2) is 42.6 Å². The molecule has 0 aliphatic heterocycles. The largest absolute Gasteiger partial charge is 0.314 e. The third-order valence-corrected chi connectivity index (χ3v) is 2.82. The SMILES string of the molecule is CNC(C)(C)CN(C)CCc1ccccn1. The highest BCUT2D eigenvalue weighted by molar-refractivity contribution is 5.03. The van der Waals surface area contributed by atoms with Gasteiger partial charge in [-0.15, -0.1) is 0 Å². The van der Waals surface area contributed by atoms with E-state index >= 15 is 0 Å². The lowest BCUT2D eigenvalue weighted by Gasteiger charge is -2.29. The number of likely N-dealkylation sites (N-methyl/N-ethyl adjacent to an activating group) is 2. The van der Waals surface area contributed by atoms with Crippen LogP contribution in [0.4, 0.5) is 0 Å². The molecule has 0 spiro atoms. The van der Waals surface area contributed by atoms with Crippen molar-refractivity contribution in [2.45, 2.75) is 25.8 Å². The van der Waals surface area contributed by atoms with E-state index in [0.717, 1.165) is 25.2 Å². The van der Waals surface area contributed by atoms with E-state index in [-0.39, 0.29) is 5.54 Å². The second kappa shape index (κ2) is 5.97. The Labute approximate surface area is 98.9 Å². The highest BCUT2D eigenvalue weighted by Gasteiger charge is 2.16. The molecule has 0 aliphatic rings. The Morgan fingerprint density at radius 1 is 1.38 bits per heavy atom. The van der Waals surface area contributed by atoms with Gasteiger partial charge in [0.05, 0.1) is 0 Å². The summed E-state index contributed by atoms with van der Waals surface area (Å²) in [5.74, 6) is 0. The summed E-state index contributed by atoms with van der Waals surface area (Å²) in [6.07, 6.45) is 2.87. The molecule has 0 unspecified atom stereocenters. The first-order valence-electron chi connectivity index (χ1n) is 5.81. The molecule has 3 nitrogen and oxygen atoms in total. The summed E-state index contributed by atoms with van der Waals surface area (Å²) >= 11 is 0. The molecule has 16 heavy (non-hydrogen) atoms. The lowest BCUT2D eigenvalue weighted by Crippen LogP contribution is -2.46. The van der Waals surface area contributed by atoms with Crippen LogP contribution in [0.2, 0.25) is 0 Å². The molecule has 1 N–H and O–H groups in total. The number of rotatable bonds is 6. The fourth-order valence-corrected chi connectivity index (χ4v) is 1.68. The van der Waals surface area contributed by atoms with Crippen LogP contribution in [0.1, 0.15) is 19.5 Å². The van der Waals surface area contributed by atoms with Crippen LogP contribution < -0.4 is 5.32 Å². The molecule has 3 heteroatoms. The molecule has 1 aromatic heterocycles. The first-order chi connectivity index (χ1) is 7.53. The Morgan fingerprint density at radius 2 is 2.12 bits per heavy atom. The zero-order chi connectivity index (χ0) is 12.0. The fraction of sp³-hybridized carbons (Fsp3) is 0.615. The van der Waals surface area contributed by atoms with E-state index in [1.807, 2.05) is 25.4 Å². The quantitative estimate of drug-likeness (QED) is 0.790. The van der Waals surface area contributed by atoms with Crippen molar-refractivity contribution in [1.82, 2.24) is 15.2 Å². The van der Waals surface area contributed by atoms with Crippen molar-refractivity contribution >= 4 is 0 Å². The van der Waals surface area contributed by atoms with Gasteiger partial charge >= 0.3 is 0 Å². The minimum absolute atomic E-state index is 0.166. The number of hydrogen-bond donors (Lipinski definition) is 1. The van der Waals surface area contributed by atoms with Crippen LogP contribution in [-0.2, 0) is 6.42 Å². The van der Waals surface area contributed by atoms with Gasteiger partial charge in [0.15, 0.2) is 0 Å². The summed E-state index contributed by atoms with van der Waals surface area (Å²) in [4.78, 5) is 6.66. The van der Waals surface area contributed by atoms with Crippen molar-refractivity contribution in [2.24, 2.45) is 0 Å². The molecule has 1 aromatic rings. The molecule has 0 saturated heterocycles. The summed E-state index contributed by atoms with van der Waals surface area (Å²) in [6, 6.07) is 6.08. The number of hydrogen-bond acceptors (Lipinski definition) is 3. The zero-order valence-corrected chi connectivity index (χ0v) is 10.8. The summed E-state index contributed by atoms with van der Waals surface area (Å²) in [5, 5.41) is 3.31. The van der Waals surface area contributed by atoms with E-state index in [2.05, 4.69) is 42.2 Å². The maximum atomic E-state index is 4.33.